The quantitative estimate of drug-likeness (QED) is 0.297. The maximum absolute atomic E-state index is 10.5. The minimum Gasteiger partial charge on any atom is -0.550 e. The first-order valence-corrected chi connectivity index (χ1v) is 5.67. The Bertz CT molecular complexity index is 296. The predicted molar refractivity (Wildman–Crippen MR) is 55.1 cm³/mol. The predicted octanol–water partition coefficient (Wildman–Crippen LogP) is -7.70. The van der Waals surface area contributed by atoms with Crippen molar-refractivity contribution in [3.63, 3.8) is 0 Å². The zero-order valence-corrected chi connectivity index (χ0v) is 15.9. The van der Waals surface area contributed by atoms with E-state index in [1.54, 1.807) is 0 Å². The Morgan fingerprint density at radius 1 is 1.00 bits per heavy atom. The standard InChI is InChI=1S/C11H18O7.2Na/c12-9(13)5-3-1-2-4-6-18-8(11(16)17)7-10(14)15;;/h8H,1-7H2,(H,12,13)(H,14,15)(H,16,17);;/q;2*+1/p-2. The van der Waals surface area contributed by atoms with Gasteiger partial charge in [-0.3, -0.25) is 4.79 Å². The van der Waals surface area contributed by atoms with Crippen LogP contribution >= 0.6 is 0 Å². The average molecular weight is 306 g/mol. The molecule has 0 spiro atoms. The molecular formula is C11H16Na2O7. The number of rotatable bonds is 11. The Morgan fingerprint density at radius 3 is 2.00 bits per heavy atom. The summed E-state index contributed by atoms with van der Waals surface area (Å²) in [5, 5.41) is 29.1. The monoisotopic (exact) mass is 306 g/mol. The van der Waals surface area contributed by atoms with E-state index >= 15 is 0 Å². The van der Waals surface area contributed by atoms with E-state index in [1.807, 2.05) is 0 Å². The van der Waals surface area contributed by atoms with Crippen molar-refractivity contribution >= 4 is 17.9 Å². The smallest absolute Gasteiger partial charge is 0.550 e. The molecule has 0 aliphatic heterocycles. The second-order valence-electron chi connectivity index (χ2n) is 3.81. The van der Waals surface area contributed by atoms with E-state index in [0.29, 0.717) is 25.7 Å². The van der Waals surface area contributed by atoms with Gasteiger partial charge in [0.15, 0.2) is 0 Å². The van der Waals surface area contributed by atoms with Crippen LogP contribution in [0, 0.1) is 0 Å². The van der Waals surface area contributed by atoms with Crippen LogP contribution in [0.2, 0.25) is 0 Å². The van der Waals surface area contributed by atoms with Gasteiger partial charge in [0, 0.05) is 25.4 Å². The van der Waals surface area contributed by atoms with E-state index in [2.05, 4.69) is 0 Å². The van der Waals surface area contributed by atoms with Crippen molar-refractivity contribution in [2.24, 2.45) is 0 Å². The minimum absolute atomic E-state index is 0. The molecule has 0 aliphatic carbocycles. The summed E-state index contributed by atoms with van der Waals surface area (Å²) in [6, 6.07) is 0. The molecule has 0 saturated carbocycles. The Hall–Kier alpha value is 0.370. The molecule has 1 N–H and O–H groups in total. The Kier molecular flexibility index (Phi) is 20.0. The van der Waals surface area contributed by atoms with Crippen LogP contribution in [-0.4, -0.2) is 35.7 Å². The van der Waals surface area contributed by atoms with Crippen molar-refractivity contribution in [1.82, 2.24) is 0 Å². The Balaban J connectivity index is -0.00000144. The average Bonchev–Trinajstić information content (AvgIpc) is 2.25. The van der Waals surface area contributed by atoms with Crippen molar-refractivity contribution in [3.05, 3.63) is 0 Å². The Labute approximate surface area is 161 Å². The number of aliphatic carboxylic acids is 3. The maximum atomic E-state index is 10.5. The van der Waals surface area contributed by atoms with Crippen LogP contribution in [0.3, 0.4) is 0 Å². The molecule has 104 valence electrons. The van der Waals surface area contributed by atoms with Gasteiger partial charge in [0.25, 0.3) is 0 Å². The van der Waals surface area contributed by atoms with Crippen molar-refractivity contribution < 1.29 is 93.6 Å². The van der Waals surface area contributed by atoms with Crippen molar-refractivity contribution in [2.45, 2.75) is 44.6 Å². The summed E-state index contributed by atoms with van der Waals surface area (Å²) in [7, 11) is 0. The van der Waals surface area contributed by atoms with E-state index in [1.165, 1.54) is 0 Å². The molecule has 7 nitrogen and oxygen atoms in total. The van der Waals surface area contributed by atoms with Crippen LogP contribution in [0.25, 0.3) is 0 Å². The molecular weight excluding hydrogens is 290 g/mol. The Morgan fingerprint density at radius 2 is 1.55 bits per heavy atom. The number of carboxylic acid groups (broad SMARTS) is 3. The van der Waals surface area contributed by atoms with Gasteiger partial charge in [0.2, 0.25) is 0 Å². The first-order valence-electron chi connectivity index (χ1n) is 5.67. The van der Waals surface area contributed by atoms with Crippen LogP contribution in [0.15, 0.2) is 0 Å². The fourth-order valence-corrected chi connectivity index (χ4v) is 1.32. The van der Waals surface area contributed by atoms with Gasteiger partial charge in [-0.15, -0.1) is 0 Å². The topological polar surface area (TPSA) is 127 Å². The van der Waals surface area contributed by atoms with Gasteiger partial charge in [-0.25, -0.2) is 0 Å². The molecule has 1 unspecified atom stereocenters. The molecule has 0 bridgehead atoms. The summed E-state index contributed by atoms with van der Waals surface area (Å²) in [4.78, 5) is 30.9. The van der Waals surface area contributed by atoms with Gasteiger partial charge < -0.3 is 29.6 Å². The van der Waals surface area contributed by atoms with E-state index in [4.69, 9.17) is 9.84 Å². The number of carbonyl (C=O) groups is 3. The number of unbranched alkanes of at least 4 members (excludes halogenated alkanes) is 3. The van der Waals surface area contributed by atoms with Gasteiger partial charge in [0.1, 0.15) is 6.10 Å². The maximum Gasteiger partial charge on any atom is 1.00 e. The third-order valence-corrected chi connectivity index (χ3v) is 2.22. The van der Waals surface area contributed by atoms with Crippen molar-refractivity contribution in [1.29, 1.82) is 0 Å². The van der Waals surface area contributed by atoms with E-state index in [9.17, 15) is 24.6 Å². The second-order valence-corrected chi connectivity index (χ2v) is 3.81. The molecule has 0 aliphatic rings. The molecule has 0 rings (SSSR count). The summed E-state index contributed by atoms with van der Waals surface area (Å²) < 4.78 is 4.84. The summed E-state index contributed by atoms with van der Waals surface area (Å²) in [5.41, 5.74) is 0. The number of ether oxygens (including phenoxy) is 1. The van der Waals surface area contributed by atoms with Crippen LogP contribution in [0.5, 0.6) is 0 Å². The number of carbonyl (C=O) groups excluding carboxylic acids is 2. The normalized spacial score (nSPS) is 10.8. The third kappa shape index (κ3) is 16.4. The van der Waals surface area contributed by atoms with Gasteiger partial charge in [-0.1, -0.05) is 12.8 Å². The molecule has 0 radical (unpaired) electrons. The molecule has 0 heterocycles. The van der Waals surface area contributed by atoms with Gasteiger partial charge in [0.05, 0.1) is 5.97 Å². The molecule has 0 aromatic rings. The van der Waals surface area contributed by atoms with Crippen LogP contribution in [0.4, 0.5) is 0 Å². The molecule has 0 saturated heterocycles. The molecule has 0 aromatic carbocycles. The molecule has 20 heavy (non-hydrogen) atoms. The first kappa shape index (κ1) is 25.3. The summed E-state index contributed by atoms with van der Waals surface area (Å²) in [6.07, 6.45) is 0.363. The van der Waals surface area contributed by atoms with Crippen molar-refractivity contribution in [2.75, 3.05) is 6.61 Å². The van der Waals surface area contributed by atoms with Gasteiger partial charge in [-0.05, 0) is 12.8 Å². The van der Waals surface area contributed by atoms with Gasteiger partial charge >= 0.3 is 65.1 Å². The van der Waals surface area contributed by atoms with Gasteiger partial charge in [-0.2, -0.15) is 0 Å². The molecule has 9 heteroatoms. The van der Waals surface area contributed by atoms with E-state index in [-0.39, 0.29) is 72.1 Å². The number of hydrogen-bond donors (Lipinski definition) is 1. The molecule has 0 fully saturated rings. The molecule has 1 atom stereocenters. The third-order valence-electron chi connectivity index (χ3n) is 2.22. The summed E-state index contributed by atoms with van der Waals surface area (Å²) in [5.74, 6) is -3.94. The largest absolute Gasteiger partial charge is 1.00 e. The fraction of sp³-hybridized carbons (Fsp3) is 0.727. The van der Waals surface area contributed by atoms with Crippen molar-refractivity contribution in [3.8, 4) is 0 Å². The van der Waals surface area contributed by atoms with Crippen LogP contribution in [0.1, 0.15) is 38.5 Å². The van der Waals surface area contributed by atoms with Crippen LogP contribution in [-0.2, 0) is 19.1 Å². The van der Waals surface area contributed by atoms with E-state index in [0.717, 1.165) is 0 Å². The zero-order valence-electron chi connectivity index (χ0n) is 11.9. The molecule has 0 aromatic heterocycles. The SMILES string of the molecule is O=C([O-])CC(OCCCCCCC(=O)O)C(=O)[O-].[Na+].[Na+]. The summed E-state index contributed by atoms with van der Waals surface area (Å²) in [6.45, 7) is 0.0962. The fourth-order valence-electron chi connectivity index (χ4n) is 1.32. The first-order chi connectivity index (χ1) is 8.43. The second kappa shape index (κ2) is 15.8. The number of carboxylic acids is 3. The minimum atomic E-state index is -1.58. The molecule has 0 amide bonds. The van der Waals surface area contributed by atoms with E-state index < -0.39 is 30.4 Å². The zero-order chi connectivity index (χ0) is 14.0. The number of hydrogen-bond acceptors (Lipinski definition) is 6. The van der Waals surface area contributed by atoms with Crippen LogP contribution < -0.4 is 69.3 Å². The summed E-state index contributed by atoms with van der Waals surface area (Å²) >= 11 is 0.